The normalized spacial score (nSPS) is 18.9. The summed E-state index contributed by atoms with van der Waals surface area (Å²) >= 11 is 6.37. The molecule has 0 fully saturated rings. The number of hydrogen-bond acceptors (Lipinski definition) is 6. The SMILES string of the molecule is COc1cc(N=O)cc2c1OC1(C=C2)N(CC(=O)Nc2ccc(C)cc2Cl)c2ccccc2C1(C)C. The number of methoxy groups -OCH3 is 1. The number of rotatable bonds is 5. The topological polar surface area (TPSA) is 80.2 Å². The Hall–Kier alpha value is -3.84. The standard InChI is InChI=1S/C28H26ClN3O4/c1-17-9-10-22(21(29)13-17)30-25(33)16-32-23-8-6-5-7-20(23)27(2,3)28(32)12-11-18-14-19(31-34)15-24(35-4)26(18)36-28/h5-15H,16H2,1-4H3,(H,30,33). The third-order valence-electron chi connectivity index (χ3n) is 7.01. The minimum absolute atomic E-state index is 0.0145. The number of carbonyl (C=O) groups is 1. The maximum absolute atomic E-state index is 13.3. The first kappa shape index (κ1) is 23.9. The van der Waals surface area contributed by atoms with Crippen LogP contribution in [0.3, 0.4) is 0 Å². The Morgan fingerprint density at radius 1 is 1.17 bits per heavy atom. The average molecular weight is 504 g/mol. The van der Waals surface area contributed by atoms with Crippen LogP contribution in [0.1, 0.15) is 30.5 Å². The predicted octanol–water partition coefficient (Wildman–Crippen LogP) is 6.59. The fourth-order valence-corrected chi connectivity index (χ4v) is 5.41. The lowest BCUT2D eigenvalue weighted by Gasteiger charge is -2.47. The summed E-state index contributed by atoms with van der Waals surface area (Å²) in [5.74, 6) is 0.650. The van der Waals surface area contributed by atoms with Crippen LogP contribution < -0.4 is 19.7 Å². The maximum atomic E-state index is 13.3. The fourth-order valence-electron chi connectivity index (χ4n) is 5.12. The molecule has 36 heavy (non-hydrogen) atoms. The highest BCUT2D eigenvalue weighted by Crippen LogP contribution is 2.56. The van der Waals surface area contributed by atoms with Gasteiger partial charge in [0.1, 0.15) is 12.2 Å². The number of para-hydroxylation sites is 1. The van der Waals surface area contributed by atoms with E-state index >= 15 is 0 Å². The quantitative estimate of drug-likeness (QED) is 0.397. The van der Waals surface area contributed by atoms with Crippen molar-refractivity contribution in [2.24, 2.45) is 5.18 Å². The molecule has 0 bridgehead atoms. The highest BCUT2D eigenvalue weighted by molar-refractivity contribution is 6.33. The lowest BCUT2D eigenvalue weighted by atomic mass is 9.76. The monoisotopic (exact) mass is 503 g/mol. The summed E-state index contributed by atoms with van der Waals surface area (Å²) in [6.45, 7) is 6.13. The summed E-state index contributed by atoms with van der Waals surface area (Å²) in [6.07, 6.45) is 3.83. The van der Waals surface area contributed by atoms with Crippen LogP contribution >= 0.6 is 11.6 Å². The molecule has 2 aliphatic heterocycles. The van der Waals surface area contributed by atoms with Crippen molar-refractivity contribution in [3.63, 3.8) is 0 Å². The molecule has 1 atom stereocenters. The molecule has 3 aromatic rings. The molecule has 3 aromatic carbocycles. The van der Waals surface area contributed by atoms with E-state index in [9.17, 15) is 9.70 Å². The number of fused-ring (bicyclic) bond motifs is 2. The Bertz CT molecular complexity index is 1420. The number of nitroso groups, excluding NO2 is 1. The van der Waals surface area contributed by atoms with Gasteiger partial charge in [-0.2, -0.15) is 0 Å². The lowest BCUT2D eigenvalue weighted by molar-refractivity contribution is -0.115. The zero-order chi connectivity index (χ0) is 25.7. The van der Waals surface area contributed by atoms with E-state index in [0.29, 0.717) is 27.8 Å². The van der Waals surface area contributed by atoms with Crippen molar-refractivity contribution in [2.45, 2.75) is 31.9 Å². The number of anilines is 2. The van der Waals surface area contributed by atoms with Gasteiger partial charge in [0.2, 0.25) is 11.6 Å². The third kappa shape index (κ3) is 3.62. The molecule has 0 radical (unpaired) electrons. The highest BCUT2D eigenvalue weighted by Gasteiger charge is 2.59. The number of nitrogens with zero attached hydrogens (tertiary/aromatic N) is 2. The Morgan fingerprint density at radius 3 is 2.67 bits per heavy atom. The third-order valence-corrected chi connectivity index (χ3v) is 7.32. The first-order chi connectivity index (χ1) is 17.2. The van der Waals surface area contributed by atoms with E-state index < -0.39 is 11.1 Å². The molecule has 0 aromatic heterocycles. The van der Waals surface area contributed by atoms with Crippen molar-refractivity contribution in [1.29, 1.82) is 0 Å². The van der Waals surface area contributed by atoms with Crippen LogP contribution in [0.2, 0.25) is 5.02 Å². The van der Waals surface area contributed by atoms with Crippen molar-refractivity contribution >= 4 is 40.6 Å². The molecule has 7 nitrogen and oxygen atoms in total. The first-order valence-electron chi connectivity index (χ1n) is 11.6. The van der Waals surface area contributed by atoms with Gasteiger partial charge in [0.25, 0.3) is 0 Å². The van der Waals surface area contributed by atoms with Crippen molar-refractivity contribution in [3.8, 4) is 11.5 Å². The summed E-state index contributed by atoms with van der Waals surface area (Å²) in [5.41, 5.74) is 2.83. The average Bonchev–Trinajstić information content (AvgIpc) is 3.04. The number of aryl methyl sites for hydroxylation is 1. The van der Waals surface area contributed by atoms with Crippen LogP contribution in [-0.2, 0) is 10.2 Å². The second kappa shape index (κ2) is 8.68. The first-order valence-corrected chi connectivity index (χ1v) is 11.9. The molecule has 0 saturated heterocycles. The molecule has 1 unspecified atom stereocenters. The number of hydrogen-bond donors (Lipinski definition) is 1. The van der Waals surface area contributed by atoms with Crippen LogP contribution in [0.5, 0.6) is 11.5 Å². The highest BCUT2D eigenvalue weighted by atomic mass is 35.5. The number of carbonyl (C=O) groups excluding carboxylic acids is 1. The summed E-state index contributed by atoms with van der Waals surface area (Å²) in [7, 11) is 1.52. The van der Waals surface area contributed by atoms with Gasteiger partial charge in [0.15, 0.2) is 11.5 Å². The summed E-state index contributed by atoms with van der Waals surface area (Å²) in [4.78, 5) is 26.5. The van der Waals surface area contributed by atoms with Crippen LogP contribution in [0, 0.1) is 11.8 Å². The molecule has 1 amide bonds. The van der Waals surface area contributed by atoms with Crippen molar-refractivity contribution in [2.75, 3.05) is 23.9 Å². The van der Waals surface area contributed by atoms with Crippen LogP contribution in [0.25, 0.3) is 6.08 Å². The van der Waals surface area contributed by atoms with Gasteiger partial charge in [-0.25, -0.2) is 0 Å². The van der Waals surface area contributed by atoms with Crippen LogP contribution in [-0.4, -0.2) is 25.3 Å². The van der Waals surface area contributed by atoms with Gasteiger partial charge in [-0.15, -0.1) is 4.91 Å². The van der Waals surface area contributed by atoms with Gasteiger partial charge in [0, 0.05) is 17.3 Å². The number of amides is 1. The molecule has 5 rings (SSSR count). The summed E-state index contributed by atoms with van der Waals surface area (Å²) in [5, 5.41) is 6.47. The molecule has 2 heterocycles. The predicted molar refractivity (Wildman–Crippen MR) is 142 cm³/mol. The van der Waals surface area contributed by atoms with Crippen molar-refractivity contribution < 1.29 is 14.3 Å². The molecular formula is C28H26ClN3O4. The van der Waals surface area contributed by atoms with E-state index in [1.807, 2.05) is 54.3 Å². The zero-order valence-electron chi connectivity index (χ0n) is 20.5. The number of benzene rings is 3. The lowest BCUT2D eigenvalue weighted by Crippen LogP contribution is -2.61. The Balaban J connectivity index is 1.57. The van der Waals surface area contributed by atoms with Gasteiger partial charge in [-0.05, 0) is 73.5 Å². The number of ether oxygens (including phenoxy) is 2. The van der Waals surface area contributed by atoms with Crippen LogP contribution in [0.15, 0.2) is 65.9 Å². The van der Waals surface area contributed by atoms with Crippen molar-refractivity contribution in [1.82, 2.24) is 0 Å². The number of nitrogens with one attached hydrogen (secondary N) is 1. The molecule has 1 spiro atoms. The van der Waals surface area contributed by atoms with E-state index in [4.69, 9.17) is 21.1 Å². The van der Waals surface area contributed by atoms with E-state index in [-0.39, 0.29) is 18.1 Å². The minimum Gasteiger partial charge on any atom is -0.493 e. The van der Waals surface area contributed by atoms with Gasteiger partial charge in [0.05, 0.1) is 23.2 Å². The molecule has 0 saturated carbocycles. The molecule has 1 N–H and O–H groups in total. The van der Waals surface area contributed by atoms with E-state index in [2.05, 4.69) is 30.4 Å². The number of halogens is 1. The van der Waals surface area contributed by atoms with E-state index in [1.165, 1.54) is 7.11 Å². The van der Waals surface area contributed by atoms with Crippen molar-refractivity contribution in [3.05, 3.63) is 87.3 Å². The molecule has 2 aliphatic rings. The second-order valence-corrected chi connectivity index (χ2v) is 9.96. The summed E-state index contributed by atoms with van der Waals surface area (Å²) in [6, 6.07) is 16.7. The largest absolute Gasteiger partial charge is 0.493 e. The second-order valence-electron chi connectivity index (χ2n) is 9.55. The molecular weight excluding hydrogens is 478 g/mol. The Kier molecular flexibility index (Phi) is 5.75. The Morgan fingerprint density at radius 2 is 1.94 bits per heavy atom. The van der Waals surface area contributed by atoms with Gasteiger partial charge in [-0.1, -0.05) is 35.9 Å². The van der Waals surface area contributed by atoms with E-state index in [0.717, 1.165) is 16.8 Å². The van der Waals surface area contributed by atoms with Gasteiger partial charge in [-0.3, -0.25) is 4.79 Å². The molecule has 184 valence electrons. The Labute approximate surface area is 214 Å². The van der Waals surface area contributed by atoms with E-state index in [1.54, 1.807) is 18.2 Å². The summed E-state index contributed by atoms with van der Waals surface area (Å²) < 4.78 is 12.3. The van der Waals surface area contributed by atoms with Gasteiger partial charge < -0.3 is 19.7 Å². The fraction of sp³-hybridized carbons (Fsp3) is 0.250. The minimum atomic E-state index is -1.04. The molecule has 0 aliphatic carbocycles. The zero-order valence-corrected chi connectivity index (χ0v) is 21.2. The van der Waals surface area contributed by atoms with Gasteiger partial charge >= 0.3 is 0 Å². The maximum Gasteiger partial charge on any atom is 0.244 e. The van der Waals surface area contributed by atoms with Crippen LogP contribution in [0.4, 0.5) is 17.1 Å². The smallest absolute Gasteiger partial charge is 0.244 e. The molecule has 8 heteroatoms.